The van der Waals surface area contributed by atoms with Crippen molar-refractivity contribution in [3.05, 3.63) is 88.5 Å². The van der Waals surface area contributed by atoms with Gasteiger partial charge in [0.05, 0.1) is 36.4 Å². The molecule has 1 N–H and O–H groups in total. The van der Waals surface area contributed by atoms with Crippen LogP contribution in [0.5, 0.6) is 11.5 Å². The van der Waals surface area contributed by atoms with Crippen LogP contribution in [0.2, 0.25) is 5.02 Å². The molecule has 9 heteroatoms. The van der Waals surface area contributed by atoms with Gasteiger partial charge < -0.3 is 19.5 Å². The number of amides is 1. The number of carbonyl (C=O) groups is 2. The van der Waals surface area contributed by atoms with E-state index in [4.69, 9.17) is 21.1 Å². The number of Topliss-reactive ketones (excluding diaryl/α,β-unsaturated/α-hetero) is 1. The first-order chi connectivity index (χ1) is 16.0. The largest absolute Gasteiger partial charge is 0.507 e. The maximum atomic E-state index is 13.2. The number of aliphatic hydroxyl groups excluding tert-OH is 1. The first-order valence-corrected chi connectivity index (χ1v) is 10.3. The number of nitrogens with zero attached hydrogens (tertiary/aromatic N) is 3. The Morgan fingerprint density at radius 1 is 1.06 bits per heavy atom. The molecule has 1 aliphatic heterocycles. The number of pyridine rings is 2. The SMILES string of the molecule is COc1cc(OC)c(/C(O)=C2\C(=O)C(=O)N(Cc3ccncc3)C2c2cccnc2)cc1Cl. The van der Waals surface area contributed by atoms with Gasteiger partial charge in [0.25, 0.3) is 11.7 Å². The highest BCUT2D eigenvalue weighted by molar-refractivity contribution is 6.46. The van der Waals surface area contributed by atoms with Gasteiger partial charge in [0.2, 0.25) is 0 Å². The second kappa shape index (κ2) is 9.30. The van der Waals surface area contributed by atoms with Crippen molar-refractivity contribution in [1.29, 1.82) is 0 Å². The molecule has 33 heavy (non-hydrogen) atoms. The average Bonchev–Trinajstić information content (AvgIpc) is 3.09. The topological polar surface area (TPSA) is 102 Å². The predicted octanol–water partition coefficient (Wildman–Crippen LogP) is 3.77. The molecular formula is C24H20ClN3O5. The van der Waals surface area contributed by atoms with E-state index in [9.17, 15) is 14.7 Å². The summed E-state index contributed by atoms with van der Waals surface area (Å²) in [6.45, 7) is 0.143. The molecule has 1 aromatic carbocycles. The first kappa shape index (κ1) is 22.3. The van der Waals surface area contributed by atoms with Gasteiger partial charge in [-0.3, -0.25) is 19.6 Å². The van der Waals surface area contributed by atoms with Crippen molar-refractivity contribution in [2.45, 2.75) is 12.6 Å². The number of hydrogen-bond donors (Lipinski definition) is 1. The number of hydrogen-bond acceptors (Lipinski definition) is 7. The summed E-state index contributed by atoms with van der Waals surface area (Å²) >= 11 is 6.27. The van der Waals surface area contributed by atoms with Gasteiger partial charge in [0.15, 0.2) is 0 Å². The van der Waals surface area contributed by atoms with Crippen LogP contribution in [0, 0.1) is 0 Å². The number of aromatic nitrogens is 2. The second-order valence-corrected chi connectivity index (χ2v) is 7.66. The number of ketones is 1. The van der Waals surface area contributed by atoms with Crippen molar-refractivity contribution in [1.82, 2.24) is 14.9 Å². The van der Waals surface area contributed by atoms with E-state index in [1.54, 1.807) is 49.1 Å². The van der Waals surface area contributed by atoms with Crippen LogP contribution in [-0.2, 0) is 16.1 Å². The van der Waals surface area contributed by atoms with Crippen molar-refractivity contribution >= 4 is 29.1 Å². The molecule has 0 saturated carbocycles. The fraction of sp³-hybridized carbons (Fsp3) is 0.167. The zero-order chi connectivity index (χ0) is 23.5. The van der Waals surface area contributed by atoms with Crippen LogP contribution in [-0.4, -0.2) is 45.9 Å². The second-order valence-electron chi connectivity index (χ2n) is 7.26. The number of rotatable bonds is 6. The summed E-state index contributed by atoms with van der Waals surface area (Å²) in [6.07, 6.45) is 6.36. The minimum absolute atomic E-state index is 0.0819. The number of ether oxygens (including phenoxy) is 2. The van der Waals surface area contributed by atoms with Crippen molar-refractivity contribution in [2.24, 2.45) is 0 Å². The lowest BCUT2D eigenvalue weighted by molar-refractivity contribution is -0.140. The smallest absolute Gasteiger partial charge is 0.295 e. The highest BCUT2D eigenvalue weighted by Crippen LogP contribution is 2.43. The summed E-state index contributed by atoms with van der Waals surface area (Å²) in [7, 11) is 2.87. The molecule has 4 rings (SSSR count). The van der Waals surface area contributed by atoms with Gasteiger partial charge in [-0.25, -0.2) is 0 Å². The molecule has 0 bridgehead atoms. The molecule has 2 aromatic heterocycles. The maximum Gasteiger partial charge on any atom is 0.295 e. The summed E-state index contributed by atoms with van der Waals surface area (Å²) in [4.78, 5) is 35.8. The summed E-state index contributed by atoms with van der Waals surface area (Å²) in [6, 6.07) is 9.03. The lowest BCUT2D eigenvalue weighted by atomic mass is 9.95. The Hall–Kier alpha value is -3.91. The van der Waals surface area contributed by atoms with E-state index < -0.39 is 23.5 Å². The van der Waals surface area contributed by atoms with Crippen LogP contribution in [0.1, 0.15) is 22.7 Å². The summed E-state index contributed by atoms with van der Waals surface area (Å²) in [5.74, 6) is -1.38. The summed E-state index contributed by atoms with van der Waals surface area (Å²) in [5.41, 5.74) is 1.44. The molecule has 8 nitrogen and oxygen atoms in total. The third-order valence-corrected chi connectivity index (χ3v) is 5.67. The molecule has 1 aliphatic rings. The molecule has 3 heterocycles. The molecule has 0 spiro atoms. The molecule has 168 valence electrons. The molecule has 1 fully saturated rings. The van der Waals surface area contributed by atoms with Gasteiger partial charge in [-0.1, -0.05) is 17.7 Å². The lowest BCUT2D eigenvalue weighted by Crippen LogP contribution is -2.29. The Morgan fingerprint density at radius 3 is 2.42 bits per heavy atom. The molecule has 3 aromatic rings. The van der Waals surface area contributed by atoms with Crippen molar-refractivity contribution in [2.75, 3.05) is 14.2 Å². The number of benzene rings is 1. The first-order valence-electron chi connectivity index (χ1n) is 9.95. The molecule has 1 saturated heterocycles. The number of aliphatic hydroxyl groups is 1. The summed E-state index contributed by atoms with van der Waals surface area (Å²) in [5, 5.41) is 11.5. The maximum absolute atomic E-state index is 13.2. The Labute approximate surface area is 195 Å². The lowest BCUT2D eigenvalue weighted by Gasteiger charge is -2.25. The highest BCUT2D eigenvalue weighted by Gasteiger charge is 2.46. The number of halogens is 1. The number of methoxy groups -OCH3 is 2. The van der Waals surface area contributed by atoms with Crippen LogP contribution in [0.3, 0.4) is 0 Å². The Bertz CT molecular complexity index is 1230. The van der Waals surface area contributed by atoms with E-state index in [0.29, 0.717) is 11.3 Å². The minimum atomic E-state index is -0.863. The van der Waals surface area contributed by atoms with E-state index in [1.807, 2.05) is 0 Å². The zero-order valence-corrected chi connectivity index (χ0v) is 18.6. The van der Waals surface area contributed by atoms with Crippen LogP contribution < -0.4 is 9.47 Å². The standard InChI is InChI=1S/C24H20ClN3O5/c1-32-18-11-19(33-2)17(25)10-16(18)22(29)20-21(15-4-3-7-27-12-15)28(24(31)23(20)30)13-14-5-8-26-9-6-14/h3-12,21,29H,13H2,1-2H3/b22-20+. The molecule has 1 unspecified atom stereocenters. The normalized spacial score (nSPS) is 17.3. The van der Waals surface area contributed by atoms with Crippen molar-refractivity contribution < 1.29 is 24.2 Å². The van der Waals surface area contributed by atoms with Crippen LogP contribution >= 0.6 is 11.6 Å². The predicted molar refractivity (Wildman–Crippen MR) is 121 cm³/mol. The van der Waals surface area contributed by atoms with Crippen molar-refractivity contribution in [3.63, 3.8) is 0 Å². The van der Waals surface area contributed by atoms with Crippen LogP contribution in [0.4, 0.5) is 0 Å². The summed E-state index contributed by atoms with van der Waals surface area (Å²) < 4.78 is 10.6. The average molecular weight is 466 g/mol. The van der Waals surface area contributed by atoms with Gasteiger partial charge in [-0.05, 0) is 35.4 Å². The third-order valence-electron chi connectivity index (χ3n) is 5.37. The Balaban J connectivity index is 1.90. The molecule has 1 atom stereocenters. The van der Waals surface area contributed by atoms with E-state index in [2.05, 4.69) is 9.97 Å². The van der Waals surface area contributed by atoms with Gasteiger partial charge in [-0.15, -0.1) is 0 Å². The van der Waals surface area contributed by atoms with Gasteiger partial charge >= 0.3 is 0 Å². The number of carbonyl (C=O) groups excluding carboxylic acids is 2. The van der Waals surface area contributed by atoms with E-state index in [0.717, 1.165) is 5.56 Å². The molecule has 1 amide bonds. The quantitative estimate of drug-likeness (QED) is 0.336. The van der Waals surface area contributed by atoms with Gasteiger partial charge in [0.1, 0.15) is 17.3 Å². The third kappa shape index (κ3) is 4.12. The van der Waals surface area contributed by atoms with Crippen LogP contribution in [0.15, 0.2) is 66.8 Å². The number of likely N-dealkylation sites (tertiary alicyclic amines) is 1. The van der Waals surface area contributed by atoms with Gasteiger partial charge in [-0.2, -0.15) is 0 Å². The minimum Gasteiger partial charge on any atom is -0.507 e. The Morgan fingerprint density at radius 2 is 1.79 bits per heavy atom. The zero-order valence-electron chi connectivity index (χ0n) is 17.9. The Kier molecular flexibility index (Phi) is 6.28. The van der Waals surface area contributed by atoms with E-state index in [-0.39, 0.29) is 28.5 Å². The molecule has 0 aliphatic carbocycles. The fourth-order valence-corrected chi connectivity index (χ4v) is 4.04. The monoisotopic (exact) mass is 465 g/mol. The fourth-order valence-electron chi connectivity index (χ4n) is 3.80. The van der Waals surface area contributed by atoms with E-state index >= 15 is 0 Å². The molecule has 0 radical (unpaired) electrons. The van der Waals surface area contributed by atoms with Crippen LogP contribution in [0.25, 0.3) is 5.76 Å². The van der Waals surface area contributed by atoms with Crippen molar-refractivity contribution in [3.8, 4) is 11.5 Å². The van der Waals surface area contributed by atoms with Gasteiger partial charge in [0, 0.05) is 37.4 Å². The van der Waals surface area contributed by atoms with E-state index in [1.165, 1.54) is 31.3 Å². The highest BCUT2D eigenvalue weighted by atomic mass is 35.5. The molecular weight excluding hydrogens is 446 g/mol.